The van der Waals surface area contributed by atoms with Crippen molar-refractivity contribution in [3.8, 4) is 11.4 Å². The lowest BCUT2D eigenvalue weighted by atomic mass is 10.00. The van der Waals surface area contributed by atoms with Gasteiger partial charge in [0.2, 0.25) is 5.91 Å². The van der Waals surface area contributed by atoms with Crippen molar-refractivity contribution >= 4 is 5.91 Å². The third kappa shape index (κ3) is 4.07. The van der Waals surface area contributed by atoms with Crippen molar-refractivity contribution in [1.82, 2.24) is 19.4 Å². The number of aryl methyl sites for hydroxylation is 1. The number of piperidine rings is 1. The molecule has 1 unspecified atom stereocenters. The number of aromatic nitrogens is 3. The van der Waals surface area contributed by atoms with Gasteiger partial charge in [-0.1, -0.05) is 25.7 Å². The van der Waals surface area contributed by atoms with Crippen LogP contribution in [0.5, 0.6) is 0 Å². The molecule has 0 spiro atoms. The molecule has 0 bridgehead atoms. The van der Waals surface area contributed by atoms with Crippen LogP contribution < -0.4 is 0 Å². The Morgan fingerprint density at radius 3 is 2.70 bits per heavy atom. The average molecular weight is 367 g/mol. The zero-order valence-electron chi connectivity index (χ0n) is 16.3. The SMILES string of the molecule is Cc1cnc(-c2ccncc2)n1C1CCCN(C(=O)CCC2CCCC2)C1. The maximum atomic E-state index is 12.8. The Morgan fingerprint density at radius 2 is 1.93 bits per heavy atom. The molecule has 27 heavy (non-hydrogen) atoms. The molecule has 1 aliphatic carbocycles. The fourth-order valence-corrected chi connectivity index (χ4v) is 4.80. The first kappa shape index (κ1) is 18.2. The van der Waals surface area contributed by atoms with Gasteiger partial charge in [-0.25, -0.2) is 4.98 Å². The number of imidazole rings is 1. The maximum Gasteiger partial charge on any atom is 0.222 e. The summed E-state index contributed by atoms with van der Waals surface area (Å²) in [4.78, 5) is 23.7. The molecule has 5 heteroatoms. The third-order valence-corrected chi connectivity index (χ3v) is 6.28. The molecule has 1 saturated carbocycles. The predicted molar refractivity (Wildman–Crippen MR) is 106 cm³/mol. The summed E-state index contributed by atoms with van der Waals surface area (Å²) in [6, 6.07) is 4.32. The molecule has 2 aromatic heterocycles. The highest BCUT2D eigenvalue weighted by molar-refractivity contribution is 5.76. The fourth-order valence-electron chi connectivity index (χ4n) is 4.80. The Morgan fingerprint density at radius 1 is 1.15 bits per heavy atom. The smallest absolute Gasteiger partial charge is 0.222 e. The topological polar surface area (TPSA) is 51.0 Å². The zero-order chi connectivity index (χ0) is 18.6. The number of rotatable bonds is 5. The van der Waals surface area contributed by atoms with Gasteiger partial charge in [0, 0.05) is 49.4 Å². The first-order valence-corrected chi connectivity index (χ1v) is 10.4. The lowest BCUT2D eigenvalue weighted by molar-refractivity contribution is -0.133. The molecule has 5 nitrogen and oxygen atoms in total. The number of carbonyl (C=O) groups excluding carboxylic acids is 1. The van der Waals surface area contributed by atoms with Crippen LogP contribution in [0.2, 0.25) is 0 Å². The number of amides is 1. The molecule has 0 radical (unpaired) electrons. The summed E-state index contributed by atoms with van der Waals surface area (Å²) >= 11 is 0. The van der Waals surface area contributed by atoms with Crippen molar-refractivity contribution in [1.29, 1.82) is 0 Å². The Labute approximate surface area is 161 Å². The molecule has 1 aliphatic heterocycles. The van der Waals surface area contributed by atoms with Gasteiger partial charge in [-0.2, -0.15) is 0 Å². The molecular weight excluding hydrogens is 336 g/mol. The second-order valence-corrected chi connectivity index (χ2v) is 8.15. The summed E-state index contributed by atoms with van der Waals surface area (Å²) in [6.07, 6.45) is 14.9. The van der Waals surface area contributed by atoms with Gasteiger partial charge in [0.15, 0.2) is 0 Å². The van der Waals surface area contributed by atoms with Crippen LogP contribution in [0.25, 0.3) is 11.4 Å². The van der Waals surface area contributed by atoms with Crippen LogP contribution >= 0.6 is 0 Å². The summed E-state index contributed by atoms with van der Waals surface area (Å²) in [7, 11) is 0. The Hall–Kier alpha value is -2.17. The number of pyridine rings is 1. The van der Waals surface area contributed by atoms with E-state index in [1.54, 1.807) is 0 Å². The van der Waals surface area contributed by atoms with Crippen molar-refractivity contribution in [2.45, 2.75) is 64.3 Å². The molecule has 1 amide bonds. The first-order valence-electron chi connectivity index (χ1n) is 10.4. The zero-order valence-corrected chi connectivity index (χ0v) is 16.3. The molecular formula is C22H30N4O. The van der Waals surface area contributed by atoms with E-state index in [2.05, 4.69) is 26.4 Å². The van der Waals surface area contributed by atoms with Gasteiger partial charge < -0.3 is 9.47 Å². The minimum Gasteiger partial charge on any atom is -0.341 e. The van der Waals surface area contributed by atoms with Crippen LogP contribution in [0.4, 0.5) is 0 Å². The monoisotopic (exact) mass is 366 g/mol. The van der Waals surface area contributed by atoms with E-state index in [0.717, 1.165) is 61.8 Å². The van der Waals surface area contributed by atoms with Gasteiger partial charge in [-0.15, -0.1) is 0 Å². The number of hydrogen-bond donors (Lipinski definition) is 0. The second kappa shape index (κ2) is 8.24. The second-order valence-electron chi connectivity index (χ2n) is 8.15. The Bertz CT molecular complexity index is 764. The minimum absolute atomic E-state index is 0.305. The number of hydrogen-bond acceptors (Lipinski definition) is 3. The number of carbonyl (C=O) groups is 1. The highest BCUT2D eigenvalue weighted by Crippen LogP contribution is 2.31. The number of likely N-dealkylation sites (tertiary alicyclic amines) is 1. The van der Waals surface area contributed by atoms with E-state index in [-0.39, 0.29) is 0 Å². The molecule has 2 aliphatic rings. The molecule has 1 saturated heterocycles. The van der Waals surface area contributed by atoms with Crippen LogP contribution in [-0.4, -0.2) is 38.4 Å². The highest BCUT2D eigenvalue weighted by Gasteiger charge is 2.28. The van der Waals surface area contributed by atoms with Gasteiger partial charge >= 0.3 is 0 Å². The minimum atomic E-state index is 0.305. The van der Waals surface area contributed by atoms with Gasteiger partial charge in [-0.05, 0) is 44.2 Å². The average Bonchev–Trinajstić information content (AvgIpc) is 3.36. The van der Waals surface area contributed by atoms with E-state index in [1.807, 2.05) is 30.7 Å². The van der Waals surface area contributed by atoms with Gasteiger partial charge in [-0.3, -0.25) is 9.78 Å². The van der Waals surface area contributed by atoms with Crippen LogP contribution in [0.15, 0.2) is 30.7 Å². The van der Waals surface area contributed by atoms with Crippen molar-refractivity contribution in [2.75, 3.05) is 13.1 Å². The van der Waals surface area contributed by atoms with E-state index < -0.39 is 0 Å². The normalized spacial score (nSPS) is 20.9. The molecule has 2 aromatic rings. The van der Waals surface area contributed by atoms with Crippen molar-refractivity contribution in [2.24, 2.45) is 5.92 Å². The van der Waals surface area contributed by atoms with E-state index in [9.17, 15) is 4.79 Å². The molecule has 144 valence electrons. The van der Waals surface area contributed by atoms with Crippen molar-refractivity contribution in [3.05, 3.63) is 36.4 Å². The van der Waals surface area contributed by atoms with E-state index in [4.69, 9.17) is 0 Å². The lowest BCUT2D eigenvalue weighted by Crippen LogP contribution is -2.41. The van der Waals surface area contributed by atoms with E-state index in [0.29, 0.717) is 11.9 Å². The number of nitrogens with zero attached hydrogens (tertiary/aromatic N) is 4. The summed E-state index contributed by atoms with van der Waals surface area (Å²) in [5.74, 6) is 2.11. The summed E-state index contributed by atoms with van der Waals surface area (Å²) in [5, 5.41) is 0. The predicted octanol–water partition coefficient (Wildman–Crippen LogP) is 4.39. The molecule has 0 aromatic carbocycles. The van der Waals surface area contributed by atoms with Crippen LogP contribution in [0.3, 0.4) is 0 Å². The summed E-state index contributed by atoms with van der Waals surface area (Å²) in [5.41, 5.74) is 2.25. The highest BCUT2D eigenvalue weighted by atomic mass is 16.2. The van der Waals surface area contributed by atoms with Gasteiger partial charge in [0.25, 0.3) is 0 Å². The van der Waals surface area contributed by atoms with Crippen LogP contribution in [0, 0.1) is 12.8 Å². The quantitative estimate of drug-likeness (QED) is 0.789. The van der Waals surface area contributed by atoms with Crippen LogP contribution in [-0.2, 0) is 4.79 Å². The van der Waals surface area contributed by atoms with Gasteiger partial charge in [0.05, 0.1) is 6.04 Å². The Balaban J connectivity index is 1.45. The summed E-state index contributed by atoms with van der Waals surface area (Å²) < 4.78 is 2.33. The van der Waals surface area contributed by atoms with Crippen LogP contribution in [0.1, 0.15) is 63.1 Å². The van der Waals surface area contributed by atoms with Crippen molar-refractivity contribution in [3.63, 3.8) is 0 Å². The summed E-state index contributed by atoms with van der Waals surface area (Å²) in [6.45, 7) is 3.82. The van der Waals surface area contributed by atoms with E-state index >= 15 is 0 Å². The van der Waals surface area contributed by atoms with Gasteiger partial charge in [0.1, 0.15) is 5.82 Å². The molecule has 3 heterocycles. The fraction of sp³-hybridized carbons (Fsp3) is 0.591. The first-order chi connectivity index (χ1) is 13.2. The lowest BCUT2D eigenvalue weighted by Gasteiger charge is -2.35. The molecule has 1 atom stereocenters. The van der Waals surface area contributed by atoms with E-state index in [1.165, 1.54) is 25.7 Å². The maximum absolute atomic E-state index is 12.8. The Kier molecular flexibility index (Phi) is 5.55. The van der Waals surface area contributed by atoms with Crippen molar-refractivity contribution < 1.29 is 4.79 Å². The molecule has 4 rings (SSSR count). The largest absolute Gasteiger partial charge is 0.341 e. The molecule has 2 fully saturated rings. The standard InChI is InChI=1S/C22H30N4O/c1-17-15-24-22(19-10-12-23-13-11-19)26(17)20-7-4-14-25(16-20)21(27)9-8-18-5-2-3-6-18/h10-13,15,18,20H,2-9,14,16H2,1H3. The third-order valence-electron chi connectivity index (χ3n) is 6.28. The molecule has 0 N–H and O–H groups in total.